The van der Waals surface area contributed by atoms with Crippen LogP contribution in [-0.4, -0.2) is 6.10 Å². The van der Waals surface area contributed by atoms with Gasteiger partial charge in [0.15, 0.2) is 11.9 Å². The van der Waals surface area contributed by atoms with Crippen molar-refractivity contribution in [3.8, 4) is 22.9 Å². The molecule has 0 aliphatic heterocycles. The Morgan fingerprint density at radius 2 is 1.50 bits per heavy atom. The molecule has 20 heavy (non-hydrogen) atoms. The van der Waals surface area contributed by atoms with Crippen molar-refractivity contribution in [1.29, 1.82) is 5.26 Å². The molecule has 3 heteroatoms. The van der Waals surface area contributed by atoms with Crippen molar-refractivity contribution in [2.45, 2.75) is 20.0 Å². The fourth-order valence-electron chi connectivity index (χ4n) is 1.72. The Morgan fingerprint density at radius 1 is 0.900 bits per heavy atom. The minimum absolute atomic E-state index is 0.0867. The standard InChI is InChI=1S/C17H17NO2/c1-13(2)17(12-18)20-19-16-10-8-15(9-11-16)14-6-4-3-5-7-14/h3-11,13,17H,1-2H3. The SMILES string of the molecule is CC(C)C(C#N)OOc1ccc(-c2ccccc2)cc1. The zero-order chi connectivity index (χ0) is 14.4. The molecule has 2 rings (SSSR count). The fourth-order valence-corrected chi connectivity index (χ4v) is 1.72. The second-order valence-electron chi connectivity index (χ2n) is 4.86. The predicted octanol–water partition coefficient (Wildman–Crippen LogP) is 4.21. The first-order valence-electron chi connectivity index (χ1n) is 6.59. The minimum Gasteiger partial charge on any atom is -0.336 e. The molecule has 0 radical (unpaired) electrons. The quantitative estimate of drug-likeness (QED) is 0.602. The molecule has 2 aromatic rings. The number of hydrogen-bond donors (Lipinski definition) is 0. The summed E-state index contributed by atoms with van der Waals surface area (Å²) >= 11 is 0. The van der Waals surface area contributed by atoms with Crippen LogP contribution in [0.1, 0.15) is 13.8 Å². The Kier molecular flexibility index (Phi) is 4.75. The molecular formula is C17H17NO2. The summed E-state index contributed by atoms with van der Waals surface area (Å²) in [5.41, 5.74) is 2.26. The van der Waals surface area contributed by atoms with Crippen molar-refractivity contribution >= 4 is 0 Å². The molecule has 0 saturated carbocycles. The predicted molar refractivity (Wildman–Crippen MR) is 77.8 cm³/mol. The molecule has 0 fully saturated rings. The molecule has 3 nitrogen and oxygen atoms in total. The van der Waals surface area contributed by atoms with E-state index >= 15 is 0 Å². The first-order chi connectivity index (χ1) is 9.70. The van der Waals surface area contributed by atoms with Crippen molar-refractivity contribution in [1.82, 2.24) is 0 Å². The van der Waals surface area contributed by atoms with Crippen LogP contribution >= 0.6 is 0 Å². The van der Waals surface area contributed by atoms with Crippen LogP contribution in [0.4, 0.5) is 0 Å². The summed E-state index contributed by atoms with van der Waals surface area (Å²) in [7, 11) is 0. The Labute approximate surface area is 119 Å². The average Bonchev–Trinajstić information content (AvgIpc) is 2.49. The van der Waals surface area contributed by atoms with Gasteiger partial charge in [-0.05, 0) is 29.2 Å². The highest BCUT2D eigenvalue weighted by Gasteiger charge is 2.14. The van der Waals surface area contributed by atoms with Gasteiger partial charge in [-0.1, -0.05) is 56.3 Å². The second-order valence-corrected chi connectivity index (χ2v) is 4.86. The van der Waals surface area contributed by atoms with E-state index in [1.54, 1.807) is 0 Å². The molecule has 0 N–H and O–H groups in total. The summed E-state index contributed by atoms with van der Waals surface area (Å²) in [4.78, 5) is 10.3. The maximum absolute atomic E-state index is 8.91. The molecule has 0 heterocycles. The number of rotatable bonds is 5. The molecule has 0 bridgehead atoms. The number of benzene rings is 2. The van der Waals surface area contributed by atoms with Crippen molar-refractivity contribution in [3.05, 3.63) is 54.6 Å². The van der Waals surface area contributed by atoms with E-state index in [-0.39, 0.29) is 5.92 Å². The lowest BCUT2D eigenvalue weighted by Crippen LogP contribution is -2.19. The molecule has 2 aromatic carbocycles. The lowest BCUT2D eigenvalue weighted by Gasteiger charge is -2.13. The van der Waals surface area contributed by atoms with Gasteiger partial charge in [0.2, 0.25) is 0 Å². The Balaban J connectivity index is 2.01. The van der Waals surface area contributed by atoms with E-state index in [1.807, 2.05) is 56.3 Å². The zero-order valence-electron chi connectivity index (χ0n) is 11.6. The van der Waals surface area contributed by atoms with E-state index in [0.717, 1.165) is 11.1 Å². The van der Waals surface area contributed by atoms with Gasteiger partial charge in [0.1, 0.15) is 0 Å². The fraction of sp³-hybridized carbons (Fsp3) is 0.235. The number of nitrogens with zero attached hydrogens (tertiary/aromatic N) is 1. The first kappa shape index (κ1) is 14.1. The van der Waals surface area contributed by atoms with E-state index in [4.69, 9.17) is 15.0 Å². The summed E-state index contributed by atoms with van der Waals surface area (Å²) < 4.78 is 0. The zero-order valence-corrected chi connectivity index (χ0v) is 11.6. The molecule has 102 valence electrons. The first-order valence-corrected chi connectivity index (χ1v) is 6.59. The van der Waals surface area contributed by atoms with Crippen LogP contribution < -0.4 is 4.89 Å². The Morgan fingerprint density at radius 3 is 2.05 bits per heavy atom. The van der Waals surface area contributed by atoms with E-state index < -0.39 is 6.10 Å². The van der Waals surface area contributed by atoms with Crippen molar-refractivity contribution in [3.63, 3.8) is 0 Å². The number of hydrogen-bond acceptors (Lipinski definition) is 3. The van der Waals surface area contributed by atoms with Crippen LogP contribution in [0.5, 0.6) is 5.75 Å². The monoisotopic (exact) mass is 267 g/mol. The summed E-state index contributed by atoms with van der Waals surface area (Å²) in [5.74, 6) is 0.675. The third-order valence-electron chi connectivity index (χ3n) is 2.94. The van der Waals surface area contributed by atoms with Gasteiger partial charge in [-0.25, -0.2) is 0 Å². The van der Waals surface area contributed by atoms with Gasteiger partial charge in [-0.3, -0.25) is 0 Å². The van der Waals surface area contributed by atoms with Gasteiger partial charge in [0.25, 0.3) is 0 Å². The van der Waals surface area contributed by atoms with Crippen LogP contribution in [0, 0.1) is 17.2 Å². The summed E-state index contributed by atoms with van der Waals surface area (Å²) in [6.07, 6.45) is -0.566. The molecule has 1 unspecified atom stereocenters. The van der Waals surface area contributed by atoms with Gasteiger partial charge in [0.05, 0.1) is 6.07 Å². The van der Waals surface area contributed by atoms with Crippen molar-refractivity contribution < 1.29 is 9.78 Å². The van der Waals surface area contributed by atoms with Crippen LogP contribution in [0.3, 0.4) is 0 Å². The van der Waals surface area contributed by atoms with Gasteiger partial charge >= 0.3 is 0 Å². The van der Waals surface area contributed by atoms with Gasteiger partial charge in [-0.15, -0.1) is 0 Å². The third-order valence-corrected chi connectivity index (χ3v) is 2.94. The van der Waals surface area contributed by atoms with Gasteiger partial charge < -0.3 is 4.89 Å². The topological polar surface area (TPSA) is 42.2 Å². The molecule has 1 atom stereocenters. The van der Waals surface area contributed by atoms with Gasteiger partial charge in [-0.2, -0.15) is 10.1 Å². The van der Waals surface area contributed by atoms with E-state index in [1.165, 1.54) is 0 Å². The molecular weight excluding hydrogens is 250 g/mol. The highest BCUT2D eigenvalue weighted by atomic mass is 17.2. The van der Waals surface area contributed by atoms with E-state index in [2.05, 4.69) is 18.2 Å². The molecule has 0 amide bonds. The Bertz CT molecular complexity index is 570. The van der Waals surface area contributed by atoms with E-state index in [0.29, 0.717) is 5.75 Å². The largest absolute Gasteiger partial charge is 0.336 e. The summed E-state index contributed by atoms with van der Waals surface area (Å²) in [5, 5.41) is 8.91. The molecule has 0 aromatic heterocycles. The third kappa shape index (κ3) is 3.59. The maximum atomic E-state index is 8.91. The van der Waals surface area contributed by atoms with Crippen LogP contribution in [0.25, 0.3) is 11.1 Å². The summed E-state index contributed by atoms with van der Waals surface area (Å²) in [6, 6.07) is 19.7. The van der Waals surface area contributed by atoms with Crippen LogP contribution in [0.15, 0.2) is 54.6 Å². The van der Waals surface area contributed by atoms with Crippen LogP contribution in [-0.2, 0) is 4.89 Å². The molecule has 0 spiro atoms. The van der Waals surface area contributed by atoms with Gasteiger partial charge in [0, 0.05) is 0 Å². The smallest absolute Gasteiger partial charge is 0.192 e. The minimum atomic E-state index is -0.566. The van der Waals surface area contributed by atoms with Crippen LogP contribution in [0.2, 0.25) is 0 Å². The normalized spacial score (nSPS) is 11.9. The lowest BCUT2D eigenvalue weighted by molar-refractivity contribution is -0.238. The molecule has 0 aliphatic rings. The Hall–Kier alpha value is -2.31. The molecule has 0 saturated heterocycles. The molecule has 0 aliphatic carbocycles. The number of nitriles is 1. The highest BCUT2D eigenvalue weighted by Crippen LogP contribution is 2.22. The van der Waals surface area contributed by atoms with E-state index in [9.17, 15) is 0 Å². The summed E-state index contributed by atoms with van der Waals surface area (Å²) in [6.45, 7) is 3.82. The van der Waals surface area contributed by atoms with Crippen molar-refractivity contribution in [2.75, 3.05) is 0 Å². The lowest BCUT2D eigenvalue weighted by atomic mass is 10.1. The average molecular weight is 267 g/mol. The highest BCUT2D eigenvalue weighted by molar-refractivity contribution is 5.63. The second kappa shape index (κ2) is 6.74. The maximum Gasteiger partial charge on any atom is 0.192 e. The van der Waals surface area contributed by atoms with Crippen molar-refractivity contribution in [2.24, 2.45) is 5.92 Å².